The van der Waals surface area contributed by atoms with Crippen molar-refractivity contribution in [3.05, 3.63) is 81.9 Å². The molecule has 3 aromatic rings. The molecule has 0 unspecified atom stereocenters. The molecule has 1 aromatic heterocycles. The summed E-state index contributed by atoms with van der Waals surface area (Å²) in [5.74, 6) is 1.18. The van der Waals surface area contributed by atoms with Crippen LogP contribution in [0.15, 0.2) is 70.0 Å². The Morgan fingerprint density at radius 1 is 1.04 bits per heavy atom. The largest absolute Gasteiger partial charge is 0.457 e. The van der Waals surface area contributed by atoms with Crippen LogP contribution in [0.3, 0.4) is 0 Å². The molecule has 0 spiro atoms. The Labute approximate surface area is 171 Å². The van der Waals surface area contributed by atoms with E-state index in [1.807, 2.05) is 67.6 Å². The van der Waals surface area contributed by atoms with Crippen LogP contribution in [0.2, 0.25) is 5.02 Å². The number of anilines is 1. The lowest BCUT2D eigenvalue weighted by molar-refractivity contribution is -0.113. The Hall–Kier alpha value is -2.34. The second-order valence-corrected chi connectivity index (χ2v) is 8.17. The van der Waals surface area contributed by atoms with Crippen molar-refractivity contribution >= 4 is 57.6 Å². The number of carbonyl (C=O) groups excluding carboxylic acids is 1. The Kier molecular flexibility index (Phi) is 4.91. The van der Waals surface area contributed by atoms with E-state index in [-0.39, 0.29) is 5.91 Å². The van der Waals surface area contributed by atoms with Crippen molar-refractivity contribution in [1.82, 2.24) is 0 Å². The van der Waals surface area contributed by atoms with Gasteiger partial charge in [-0.3, -0.25) is 9.69 Å². The average Bonchev–Trinajstić information content (AvgIpc) is 3.22. The number of aryl methyl sites for hydroxylation is 1. The highest BCUT2D eigenvalue weighted by atomic mass is 35.5. The molecule has 0 aliphatic carbocycles. The van der Waals surface area contributed by atoms with Gasteiger partial charge < -0.3 is 4.42 Å². The minimum absolute atomic E-state index is 0.140. The first kappa shape index (κ1) is 18.0. The zero-order chi connectivity index (χ0) is 19.0. The van der Waals surface area contributed by atoms with Crippen molar-refractivity contribution in [2.24, 2.45) is 0 Å². The number of halogens is 1. The van der Waals surface area contributed by atoms with Gasteiger partial charge in [0.25, 0.3) is 5.91 Å². The zero-order valence-corrected chi connectivity index (χ0v) is 16.7. The Morgan fingerprint density at radius 2 is 1.74 bits per heavy atom. The number of amides is 1. The maximum absolute atomic E-state index is 12.8. The first-order valence-electron chi connectivity index (χ1n) is 8.22. The molecule has 0 radical (unpaired) electrons. The number of thioether (sulfide) groups is 1. The van der Waals surface area contributed by atoms with Gasteiger partial charge in [-0.15, -0.1) is 0 Å². The molecule has 3 nitrogen and oxygen atoms in total. The third-order valence-corrected chi connectivity index (χ3v) is 5.67. The van der Waals surface area contributed by atoms with E-state index in [9.17, 15) is 4.79 Å². The van der Waals surface area contributed by atoms with Gasteiger partial charge >= 0.3 is 0 Å². The molecule has 1 fully saturated rings. The first-order chi connectivity index (χ1) is 13.0. The van der Waals surface area contributed by atoms with Gasteiger partial charge in [-0.05, 0) is 55.5 Å². The van der Waals surface area contributed by atoms with Gasteiger partial charge in [-0.2, -0.15) is 0 Å². The number of nitrogens with zero attached hydrogens (tertiary/aromatic N) is 1. The van der Waals surface area contributed by atoms with E-state index in [0.717, 1.165) is 16.8 Å². The van der Waals surface area contributed by atoms with Crippen molar-refractivity contribution < 1.29 is 9.21 Å². The fourth-order valence-corrected chi connectivity index (χ4v) is 4.12. The molecule has 1 amide bonds. The van der Waals surface area contributed by atoms with Gasteiger partial charge in [0, 0.05) is 16.7 Å². The van der Waals surface area contributed by atoms with Crippen molar-refractivity contribution in [3.8, 4) is 11.3 Å². The van der Waals surface area contributed by atoms with Crippen molar-refractivity contribution in [2.45, 2.75) is 6.92 Å². The summed E-state index contributed by atoms with van der Waals surface area (Å²) in [4.78, 5) is 14.9. The molecule has 134 valence electrons. The van der Waals surface area contributed by atoms with Gasteiger partial charge in [-0.1, -0.05) is 53.3 Å². The SMILES string of the molecule is Cc1ccc(N2C(=O)/C(=C/c3ccc(-c4ccc(Cl)cc4)o3)SC2=S)cc1. The summed E-state index contributed by atoms with van der Waals surface area (Å²) < 4.78 is 6.38. The van der Waals surface area contributed by atoms with Crippen LogP contribution in [-0.4, -0.2) is 10.2 Å². The van der Waals surface area contributed by atoms with Crippen LogP contribution in [-0.2, 0) is 4.79 Å². The number of benzene rings is 2. The highest BCUT2D eigenvalue weighted by Crippen LogP contribution is 2.36. The Bertz CT molecular complexity index is 1050. The van der Waals surface area contributed by atoms with E-state index < -0.39 is 0 Å². The fraction of sp³-hybridized carbons (Fsp3) is 0.0476. The van der Waals surface area contributed by atoms with Crippen LogP contribution in [0.1, 0.15) is 11.3 Å². The number of hydrogen-bond donors (Lipinski definition) is 0. The lowest BCUT2D eigenvalue weighted by atomic mass is 10.2. The third kappa shape index (κ3) is 3.72. The molecule has 1 saturated heterocycles. The van der Waals surface area contributed by atoms with Crippen LogP contribution in [0.5, 0.6) is 0 Å². The van der Waals surface area contributed by atoms with E-state index in [0.29, 0.717) is 25.8 Å². The highest BCUT2D eigenvalue weighted by molar-refractivity contribution is 8.27. The smallest absolute Gasteiger partial charge is 0.270 e. The monoisotopic (exact) mass is 411 g/mol. The Balaban J connectivity index is 1.59. The molecular weight excluding hydrogens is 398 g/mol. The van der Waals surface area contributed by atoms with Gasteiger partial charge in [-0.25, -0.2) is 0 Å². The zero-order valence-electron chi connectivity index (χ0n) is 14.3. The molecular formula is C21H14ClNO2S2. The maximum atomic E-state index is 12.8. The van der Waals surface area contributed by atoms with Gasteiger partial charge in [0.05, 0.1) is 10.6 Å². The van der Waals surface area contributed by atoms with E-state index in [1.165, 1.54) is 11.8 Å². The predicted octanol–water partition coefficient (Wildman–Crippen LogP) is 6.31. The summed E-state index contributed by atoms with van der Waals surface area (Å²) in [7, 11) is 0. The van der Waals surface area contributed by atoms with Crippen molar-refractivity contribution in [2.75, 3.05) is 4.90 Å². The molecule has 2 aromatic carbocycles. The highest BCUT2D eigenvalue weighted by Gasteiger charge is 2.33. The predicted molar refractivity (Wildman–Crippen MR) is 116 cm³/mol. The molecule has 0 saturated carbocycles. The fourth-order valence-electron chi connectivity index (χ4n) is 2.71. The Morgan fingerprint density at radius 3 is 2.44 bits per heavy atom. The third-order valence-electron chi connectivity index (χ3n) is 4.11. The molecule has 6 heteroatoms. The van der Waals surface area contributed by atoms with Gasteiger partial charge in [0.15, 0.2) is 4.32 Å². The van der Waals surface area contributed by atoms with Crippen LogP contribution in [0, 0.1) is 6.92 Å². The number of carbonyl (C=O) groups is 1. The summed E-state index contributed by atoms with van der Waals surface area (Å²) in [5, 5.41) is 0.672. The molecule has 1 aliphatic rings. The topological polar surface area (TPSA) is 33.5 Å². The summed E-state index contributed by atoms with van der Waals surface area (Å²) in [6, 6.07) is 18.8. The van der Waals surface area contributed by atoms with E-state index >= 15 is 0 Å². The molecule has 1 aliphatic heterocycles. The average molecular weight is 412 g/mol. The van der Waals surface area contributed by atoms with Crippen molar-refractivity contribution in [1.29, 1.82) is 0 Å². The van der Waals surface area contributed by atoms with Crippen molar-refractivity contribution in [3.63, 3.8) is 0 Å². The number of furan rings is 1. The molecule has 0 N–H and O–H groups in total. The second kappa shape index (κ2) is 7.35. The standard InChI is InChI=1S/C21H14ClNO2S2/c1-13-2-8-16(9-3-13)23-20(24)19(27-21(23)26)12-17-10-11-18(25-17)14-4-6-15(22)7-5-14/h2-12H,1H3/b19-12-. The van der Waals surface area contributed by atoms with E-state index in [2.05, 4.69) is 0 Å². The van der Waals surface area contributed by atoms with Crippen LogP contribution in [0.4, 0.5) is 5.69 Å². The lowest BCUT2D eigenvalue weighted by Crippen LogP contribution is -2.27. The minimum Gasteiger partial charge on any atom is -0.457 e. The van der Waals surface area contributed by atoms with Crippen LogP contribution in [0.25, 0.3) is 17.4 Å². The summed E-state index contributed by atoms with van der Waals surface area (Å²) in [5.41, 5.74) is 2.82. The first-order valence-corrected chi connectivity index (χ1v) is 9.82. The van der Waals surface area contributed by atoms with Gasteiger partial charge in [0.2, 0.25) is 0 Å². The lowest BCUT2D eigenvalue weighted by Gasteiger charge is -2.14. The maximum Gasteiger partial charge on any atom is 0.270 e. The van der Waals surface area contributed by atoms with E-state index in [1.54, 1.807) is 11.0 Å². The number of hydrogen-bond acceptors (Lipinski definition) is 4. The number of rotatable bonds is 3. The quantitative estimate of drug-likeness (QED) is 0.373. The minimum atomic E-state index is -0.140. The molecule has 4 rings (SSSR count). The summed E-state index contributed by atoms with van der Waals surface area (Å²) >= 11 is 12.6. The normalized spacial score (nSPS) is 15.8. The number of thiocarbonyl (C=S) groups is 1. The summed E-state index contributed by atoms with van der Waals surface area (Å²) in [6.07, 6.45) is 1.73. The van der Waals surface area contributed by atoms with Crippen LogP contribution < -0.4 is 4.90 Å². The molecule has 27 heavy (non-hydrogen) atoms. The second-order valence-electron chi connectivity index (χ2n) is 6.06. The summed E-state index contributed by atoms with van der Waals surface area (Å²) in [6.45, 7) is 2.00. The van der Waals surface area contributed by atoms with Crippen LogP contribution >= 0.6 is 35.6 Å². The van der Waals surface area contributed by atoms with E-state index in [4.69, 9.17) is 28.2 Å². The van der Waals surface area contributed by atoms with Gasteiger partial charge in [0.1, 0.15) is 11.5 Å². The molecule has 2 heterocycles. The molecule has 0 bridgehead atoms. The molecule has 0 atom stereocenters.